The summed E-state index contributed by atoms with van der Waals surface area (Å²) >= 11 is 9.15. The van der Waals surface area contributed by atoms with E-state index in [1.165, 1.54) is 0 Å². The summed E-state index contributed by atoms with van der Waals surface area (Å²) in [6.07, 6.45) is 0. The third-order valence-corrected chi connectivity index (χ3v) is 3.37. The summed E-state index contributed by atoms with van der Waals surface area (Å²) in [4.78, 5) is 11.8. The molecule has 3 N–H and O–H groups in total. The van der Waals surface area contributed by atoms with Crippen LogP contribution in [0.25, 0.3) is 0 Å². The Morgan fingerprint density at radius 1 is 1.30 bits per heavy atom. The largest absolute Gasteiger partial charge is 0.482 e. The second-order valence-corrected chi connectivity index (χ2v) is 5.29. The molecular weight excluding hydrogens is 344 g/mol. The molecule has 0 radical (unpaired) electrons. The summed E-state index contributed by atoms with van der Waals surface area (Å²) in [6.45, 7) is -0.122. The van der Waals surface area contributed by atoms with Crippen LogP contribution in [-0.2, 0) is 4.79 Å². The lowest BCUT2D eigenvalue weighted by Crippen LogP contribution is -2.20. The molecule has 0 heterocycles. The maximum Gasteiger partial charge on any atom is 0.262 e. The fraction of sp³-hybridized carbons (Fsp3) is 0.0714. The van der Waals surface area contributed by atoms with Crippen LogP contribution in [0.5, 0.6) is 5.75 Å². The zero-order valence-corrected chi connectivity index (χ0v) is 12.7. The Balaban J connectivity index is 1.94. The summed E-state index contributed by atoms with van der Waals surface area (Å²) in [5, 5.41) is 3.30. The highest BCUT2D eigenvalue weighted by atomic mass is 79.9. The van der Waals surface area contributed by atoms with Crippen LogP contribution >= 0.6 is 27.5 Å². The van der Waals surface area contributed by atoms with E-state index in [2.05, 4.69) is 21.2 Å². The van der Waals surface area contributed by atoms with Gasteiger partial charge in [-0.3, -0.25) is 4.79 Å². The van der Waals surface area contributed by atoms with Crippen molar-refractivity contribution in [2.45, 2.75) is 0 Å². The van der Waals surface area contributed by atoms with E-state index in [9.17, 15) is 4.79 Å². The number of ether oxygens (including phenoxy) is 1. The highest BCUT2D eigenvalue weighted by Gasteiger charge is 2.08. The molecule has 0 fully saturated rings. The van der Waals surface area contributed by atoms with Crippen molar-refractivity contribution in [1.82, 2.24) is 0 Å². The third-order valence-electron chi connectivity index (χ3n) is 2.48. The molecule has 6 heteroatoms. The van der Waals surface area contributed by atoms with Gasteiger partial charge < -0.3 is 15.8 Å². The third kappa shape index (κ3) is 3.88. The van der Waals surface area contributed by atoms with E-state index in [0.717, 1.165) is 0 Å². The first-order valence-electron chi connectivity index (χ1n) is 5.78. The van der Waals surface area contributed by atoms with E-state index in [1.54, 1.807) is 42.5 Å². The number of nitrogens with one attached hydrogen (secondary N) is 1. The van der Waals surface area contributed by atoms with Crippen molar-refractivity contribution in [3.05, 3.63) is 52.0 Å². The number of benzene rings is 2. The number of nitrogens with two attached hydrogens (primary N) is 1. The number of halogens is 2. The molecule has 4 nitrogen and oxygen atoms in total. The van der Waals surface area contributed by atoms with Crippen molar-refractivity contribution in [2.75, 3.05) is 17.7 Å². The standard InChI is InChI=1S/C14H12BrClN2O2/c15-10-7-9(16)5-6-12(10)18-14(19)8-20-13-4-2-1-3-11(13)17/h1-7H,8,17H2,(H,18,19). The molecule has 0 aliphatic rings. The lowest BCUT2D eigenvalue weighted by molar-refractivity contribution is -0.118. The summed E-state index contributed by atoms with van der Waals surface area (Å²) in [7, 11) is 0. The van der Waals surface area contributed by atoms with Crippen molar-refractivity contribution < 1.29 is 9.53 Å². The molecule has 2 rings (SSSR count). The van der Waals surface area contributed by atoms with Gasteiger partial charge in [0.2, 0.25) is 0 Å². The highest BCUT2D eigenvalue weighted by Crippen LogP contribution is 2.26. The highest BCUT2D eigenvalue weighted by molar-refractivity contribution is 9.10. The Bertz CT molecular complexity index is 634. The fourth-order valence-electron chi connectivity index (χ4n) is 1.53. The summed E-state index contributed by atoms with van der Waals surface area (Å²) in [5.74, 6) is 0.203. The van der Waals surface area contributed by atoms with Gasteiger partial charge in [-0.25, -0.2) is 0 Å². The van der Waals surface area contributed by atoms with Crippen molar-refractivity contribution in [3.63, 3.8) is 0 Å². The molecule has 0 saturated carbocycles. The topological polar surface area (TPSA) is 64.3 Å². The second-order valence-electron chi connectivity index (χ2n) is 4.00. The predicted octanol–water partition coefficient (Wildman–Crippen LogP) is 3.70. The van der Waals surface area contributed by atoms with E-state index in [0.29, 0.717) is 26.6 Å². The predicted molar refractivity (Wildman–Crippen MR) is 84.1 cm³/mol. The van der Waals surface area contributed by atoms with Crippen molar-refractivity contribution in [2.24, 2.45) is 0 Å². The Morgan fingerprint density at radius 3 is 2.75 bits per heavy atom. The van der Waals surface area contributed by atoms with Gasteiger partial charge in [0.25, 0.3) is 5.91 Å². The quantitative estimate of drug-likeness (QED) is 0.822. The molecule has 1 amide bonds. The lowest BCUT2D eigenvalue weighted by atomic mass is 10.3. The monoisotopic (exact) mass is 354 g/mol. The molecule has 0 aliphatic carbocycles. The van der Waals surface area contributed by atoms with Crippen LogP contribution in [0.1, 0.15) is 0 Å². The van der Waals surface area contributed by atoms with Crippen LogP contribution in [-0.4, -0.2) is 12.5 Å². The van der Waals surface area contributed by atoms with Crippen molar-refractivity contribution >= 4 is 44.8 Å². The van der Waals surface area contributed by atoms with Gasteiger partial charge in [0.1, 0.15) is 5.75 Å². The number of para-hydroxylation sites is 2. The summed E-state index contributed by atoms with van der Waals surface area (Å²) < 4.78 is 6.06. The van der Waals surface area contributed by atoms with Gasteiger partial charge in [-0.1, -0.05) is 23.7 Å². The van der Waals surface area contributed by atoms with Crippen molar-refractivity contribution in [3.8, 4) is 5.75 Å². The number of amides is 1. The lowest BCUT2D eigenvalue weighted by Gasteiger charge is -2.10. The van der Waals surface area contributed by atoms with Gasteiger partial charge in [0.05, 0.1) is 11.4 Å². The van der Waals surface area contributed by atoms with Crippen LogP contribution in [0.3, 0.4) is 0 Å². The van der Waals surface area contributed by atoms with Gasteiger partial charge >= 0.3 is 0 Å². The van der Waals surface area contributed by atoms with Gasteiger partial charge in [-0.2, -0.15) is 0 Å². The number of hydrogen-bond donors (Lipinski definition) is 2. The minimum atomic E-state index is -0.281. The first-order chi connectivity index (χ1) is 9.56. The zero-order valence-electron chi connectivity index (χ0n) is 10.4. The molecular formula is C14H12BrClN2O2. The molecule has 0 unspecified atom stereocenters. The fourth-order valence-corrected chi connectivity index (χ4v) is 2.31. The SMILES string of the molecule is Nc1ccccc1OCC(=O)Nc1ccc(Cl)cc1Br. The van der Waals surface area contributed by atoms with Gasteiger partial charge in [-0.15, -0.1) is 0 Å². The average Bonchev–Trinajstić information content (AvgIpc) is 2.41. The minimum absolute atomic E-state index is 0.122. The van der Waals surface area contributed by atoms with E-state index in [1.807, 2.05) is 0 Å². The molecule has 0 bridgehead atoms. The Labute approximate surface area is 130 Å². The molecule has 0 saturated heterocycles. The average molecular weight is 356 g/mol. The summed E-state index contributed by atoms with van der Waals surface area (Å²) in [5.41, 5.74) is 6.84. The summed E-state index contributed by atoms with van der Waals surface area (Å²) in [6, 6.07) is 12.1. The Morgan fingerprint density at radius 2 is 2.05 bits per heavy atom. The van der Waals surface area contributed by atoms with Crippen LogP contribution in [0.2, 0.25) is 5.02 Å². The van der Waals surface area contributed by atoms with Crippen LogP contribution in [0, 0.1) is 0 Å². The first-order valence-corrected chi connectivity index (χ1v) is 6.95. The van der Waals surface area contributed by atoms with Gasteiger partial charge in [0.15, 0.2) is 6.61 Å². The van der Waals surface area contributed by atoms with Crippen molar-refractivity contribution in [1.29, 1.82) is 0 Å². The zero-order chi connectivity index (χ0) is 14.5. The smallest absolute Gasteiger partial charge is 0.262 e. The van der Waals surface area contributed by atoms with E-state index >= 15 is 0 Å². The number of hydrogen-bond acceptors (Lipinski definition) is 3. The normalized spacial score (nSPS) is 10.1. The molecule has 0 spiro atoms. The number of rotatable bonds is 4. The molecule has 2 aromatic rings. The van der Waals surface area contributed by atoms with E-state index in [-0.39, 0.29) is 12.5 Å². The molecule has 0 aromatic heterocycles. The number of nitrogen functional groups attached to an aromatic ring is 1. The molecule has 104 valence electrons. The van der Waals surface area contributed by atoms with E-state index < -0.39 is 0 Å². The molecule has 0 atom stereocenters. The van der Waals surface area contributed by atoms with Crippen LogP contribution in [0.15, 0.2) is 46.9 Å². The minimum Gasteiger partial charge on any atom is -0.482 e. The molecule has 2 aromatic carbocycles. The van der Waals surface area contributed by atoms with Gasteiger partial charge in [-0.05, 0) is 46.3 Å². The Kier molecular flexibility index (Phi) is 4.87. The first kappa shape index (κ1) is 14.7. The maximum absolute atomic E-state index is 11.8. The molecule has 0 aliphatic heterocycles. The van der Waals surface area contributed by atoms with Gasteiger partial charge in [0, 0.05) is 9.50 Å². The number of anilines is 2. The number of carbonyl (C=O) groups is 1. The Hall–Kier alpha value is -1.72. The maximum atomic E-state index is 11.8. The van der Waals surface area contributed by atoms with Crippen LogP contribution in [0.4, 0.5) is 11.4 Å². The molecule has 20 heavy (non-hydrogen) atoms. The second kappa shape index (κ2) is 6.63. The number of carbonyl (C=O) groups excluding carboxylic acids is 1. The van der Waals surface area contributed by atoms with E-state index in [4.69, 9.17) is 22.1 Å². The van der Waals surface area contributed by atoms with Crippen LogP contribution < -0.4 is 15.8 Å².